The number of carbonyl (C=O) groups is 1. The third kappa shape index (κ3) is 5.54. The molecule has 0 aliphatic heterocycles. The van der Waals surface area contributed by atoms with Crippen LogP contribution < -0.4 is 5.32 Å². The molecule has 1 aliphatic carbocycles. The summed E-state index contributed by atoms with van der Waals surface area (Å²) in [4.78, 5) is 17.8. The number of amides is 1. The van der Waals surface area contributed by atoms with Crippen molar-refractivity contribution in [1.29, 1.82) is 0 Å². The maximum atomic E-state index is 13.1. The van der Waals surface area contributed by atoms with Crippen LogP contribution in [0.2, 0.25) is 0 Å². The number of anilines is 1. The lowest BCUT2D eigenvalue weighted by atomic mass is 9.82. The molecule has 0 aromatic heterocycles. The Kier molecular flexibility index (Phi) is 6.82. The van der Waals surface area contributed by atoms with Crippen LogP contribution in [0.3, 0.4) is 0 Å². The van der Waals surface area contributed by atoms with Crippen LogP contribution in [0.1, 0.15) is 35.4 Å². The van der Waals surface area contributed by atoms with Crippen LogP contribution in [0.5, 0.6) is 0 Å². The molecule has 3 aromatic rings. The summed E-state index contributed by atoms with van der Waals surface area (Å²) in [5.41, 5.74) is 1.51. The number of rotatable bonds is 5. The van der Waals surface area contributed by atoms with Crippen molar-refractivity contribution >= 4 is 17.3 Å². The molecule has 0 radical (unpaired) electrons. The molecule has 0 saturated carbocycles. The van der Waals surface area contributed by atoms with E-state index in [1.54, 1.807) is 0 Å². The summed E-state index contributed by atoms with van der Waals surface area (Å²) < 4.78 is 39.2. The van der Waals surface area contributed by atoms with Crippen molar-refractivity contribution in [2.24, 2.45) is 4.99 Å². The number of halogens is 3. The van der Waals surface area contributed by atoms with Crippen molar-refractivity contribution in [3.8, 4) is 0 Å². The van der Waals surface area contributed by atoms with Gasteiger partial charge in [0.25, 0.3) is 5.91 Å². The molecule has 2 N–H and O–H groups in total. The van der Waals surface area contributed by atoms with E-state index in [1.807, 2.05) is 60.7 Å². The number of allylic oxidation sites excluding steroid dienone is 1. The van der Waals surface area contributed by atoms with E-state index in [0.717, 1.165) is 23.3 Å². The Labute approximate surface area is 195 Å². The SMILES string of the molecule is O=C(Nc1cccc(C(F)(F)F)c1)C1=C(O)C[C@@H](c2ccccc2)CC1=NCc1ccccc1. The Morgan fingerprint density at radius 2 is 1.62 bits per heavy atom. The smallest absolute Gasteiger partial charge is 0.416 e. The first-order chi connectivity index (χ1) is 16.3. The Bertz CT molecular complexity index is 1220. The molecule has 1 amide bonds. The zero-order valence-electron chi connectivity index (χ0n) is 18.2. The molecule has 0 unspecified atom stereocenters. The van der Waals surface area contributed by atoms with Crippen LogP contribution in [0.25, 0.3) is 0 Å². The van der Waals surface area contributed by atoms with Crippen LogP contribution in [0, 0.1) is 0 Å². The van der Waals surface area contributed by atoms with Crippen LogP contribution in [-0.4, -0.2) is 16.7 Å². The minimum atomic E-state index is -4.53. The number of hydrogen-bond donors (Lipinski definition) is 2. The van der Waals surface area contributed by atoms with Crippen LogP contribution in [-0.2, 0) is 17.5 Å². The fourth-order valence-corrected chi connectivity index (χ4v) is 4.01. The van der Waals surface area contributed by atoms with Gasteiger partial charge in [0, 0.05) is 12.1 Å². The largest absolute Gasteiger partial charge is 0.511 e. The van der Waals surface area contributed by atoms with Crippen LogP contribution >= 0.6 is 0 Å². The normalized spacial score (nSPS) is 17.6. The number of aliphatic hydroxyl groups is 1. The van der Waals surface area contributed by atoms with Crippen molar-refractivity contribution in [2.75, 3.05) is 5.32 Å². The fourth-order valence-electron chi connectivity index (χ4n) is 4.01. The quantitative estimate of drug-likeness (QED) is 0.443. The highest BCUT2D eigenvalue weighted by atomic mass is 19.4. The van der Waals surface area contributed by atoms with Gasteiger partial charge in [-0.2, -0.15) is 13.2 Å². The van der Waals surface area contributed by atoms with E-state index in [2.05, 4.69) is 10.3 Å². The van der Waals surface area contributed by atoms with Gasteiger partial charge in [0.1, 0.15) is 5.76 Å². The van der Waals surface area contributed by atoms with E-state index in [4.69, 9.17) is 0 Å². The van der Waals surface area contributed by atoms with Gasteiger partial charge in [-0.15, -0.1) is 0 Å². The van der Waals surface area contributed by atoms with E-state index in [9.17, 15) is 23.1 Å². The highest BCUT2D eigenvalue weighted by Gasteiger charge is 2.33. The Balaban J connectivity index is 1.65. The molecule has 0 spiro atoms. The van der Waals surface area contributed by atoms with E-state index in [0.29, 0.717) is 18.7 Å². The fraction of sp³-hybridized carbons (Fsp3) is 0.185. The van der Waals surface area contributed by atoms with Gasteiger partial charge in [0.05, 0.1) is 23.4 Å². The summed E-state index contributed by atoms with van der Waals surface area (Å²) >= 11 is 0. The van der Waals surface area contributed by atoms with E-state index < -0.39 is 17.6 Å². The first-order valence-electron chi connectivity index (χ1n) is 10.8. The van der Waals surface area contributed by atoms with Gasteiger partial charge in [-0.25, -0.2) is 0 Å². The highest BCUT2D eigenvalue weighted by molar-refractivity contribution is 6.26. The number of aliphatic hydroxyl groups excluding tert-OH is 1. The molecule has 1 aliphatic rings. The summed E-state index contributed by atoms with van der Waals surface area (Å²) in [6, 6.07) is 23.5. The zero-order chi connectivity index (χ0) is 24.1. The lowest BCUT2D eigenvalue weighted by Gasteiger charge is -2.26. The van der Waals surface area contributed by atoms with Gasteiger partial charge in [0.2, 0.25) is 0 Å². The predicted octanol–water partition coefficient (Wildman–Crippen LogP) is 6.67. The molecule has 4 rings (SSSR count). The molecular formula is C27H23F3N2O2. The predicted molar refractivity (Wildman–Crippen MR) is 126 cm³/mol. The first-order valence-corrected chi connectivity index (χ1v) is 10.8. The average molecular weight is 464 g/mol. The van der Waals surface area contributed by atoms with Gasteiger partial charge in [-0.1, -0.05) is 66.7 Å². The molecule has 0 bridgehead atoms. The minimum Gasteiger partial charge on any atom is -0.511 e. The number of hydrogen-bond acceptors (Lipinski definition) is 3. The van der Waals surface area contributed by atoms with Crippen molar-refractivity contribution in [3.63, 3.8) is 0 Å². The van der Waals surface area contributed by atoms with Crippen molar-refractivity contribution in [3.05, 3.63) is 113 Å². The lowest BCUT2D eigenvalue weighted by Crippen LogP contribution is -2.28. The summed E-state index contributed by atoms with van der Waals surface area (Å²) in [5, 5.41) is 13.4. The van der Waals surface area contributed by atoms with Gasteiger partial charge in [-0.05, 0) is 41.7 Å². The molecule has 174 valence electrons. The zero-order valence-corrected chi connectivity index (χ0v) is 18.2. The molecule has 7 heteroatoms. The molecule has 34 heavy (non-hydrogen) atoms. The third-order valence-corrected chi connectivity index (χ3v) is 5.70. The molecule has 3 aromatic carbocycles. The van der Waals surface area contributed by atoms with E-state index in [-0.39, 0.29) is 29.4 Å². The second-order valence-electron chi connectivity index (χ2n) is 8.12. The maximum Gasteiger partial charge on any atom is 0.416 e. The second-order valence-corrected chi connectivity index (χ2v) is 8.12. The highest BCUT2D eigenvalue weighted by Crippen LogP contribution is 2.35. The number of alkyl halides is 3. The number of nitrogens with zero attached hydrogens (tertiary/aromatic N) is 1. The van der Waals surface area contributed by atoms with Gasteiger partial charge >= 0.3 is 6.18 Å². The Morgan fingerprint density at radius 1 is 0.941 bits per heavy atom. The number of nitrogens with one attached hydrogen (secondary N) is 1. The van der Waals surface area contributed by atoms with Crippen molar-refractivity contribution in [1.82, 2.24) is 0 Å². The Morgan fingerprint density at radius 3 is 2.29 bits per heavy atom. The van der Waals surface area contributed by atoms with E-state index >= 15 is 0 Å². The second kappa shape index (κ2) is 9.95. The molecule has 0 saturated heterocycles. The Hall–Kier alpha value is -3.87. The molecule has 0 heterocycles. The van der Waals surface area contributed by atoms with Crippen molar-refractivity contribution < 1.29 is 23.1 Å². The van der Waals surface area contributed by atoms with E-state index in [1.165, 1.54) is 12.1 Å². The third-order valence-electron chi connectivity index (χ3n) is 5.70. The number of benzene rings is 3. The topological polar surface area (TPSA) is 61.7 Å². The van der Waals surface area contributed by atoms with Gasteiger partial charge in [-0.3, -0.25) is 9.79 Å². The minimum absolute atomic E-state index is 0.00674. The van der Waals surface area contributed by atoms with Crippen molar-refractivity contribution in [2.45, 2.75) is 31.5 Å². The first kappa shape index (κ1) is 23.3. The maximum absolute atomic E-state index is 13.1. The molecule has 1 atom stereocenters. The van der Waals surface area contributed by atoms with Crippen LogP contribution in [0.4, 0.5) is 18.9 Å². The summed E-state index contributed by atoms with van der Waals surface area (Å²) in [6.45, 7) is 0.311. The standard InChI is InChI=1S/C27H23F3N2O2/c28-27(29,30)21-12-7-13-22(16-21)32-26(34)25-23(31-17-18-8-3-1-4-9-18)14-20(15-24(25)33)19-10-5-2-6-11-19/h1-13,16,20,33H,14-15,17H2,(H,32,34)/t20-/m0/s1. The average Bonchev–Trinajstić information content (AvgIpc) is 2.83. The summed E-state index contributed by atoms with van der Waals surface area (Å²) in [5.74, 6) is -0.882. The lowest BCUT2D eigenvalue weighted by molar-refractivity contribution is -0.137. The molecular weight excluding hydrogens is 441 g/mol. The van der Waals surface area contributed by atoms with Gasteiger partial charge < -0.3 is 10.4 Å². The molecule has 4 nitrogen and oxygen atoms in total. The number of carbonyl (C=O) groups excluding carboxylic acids is 1. The van der Waals surface area contributed by atoms with Gasteiger partial charge in [0.15, 0.2) is 0 Å². The molecule has 0 fully saturated rings. The summed E-state index contributed by atoms with van der Waals surface area (Å²) in [6.07, 6.45) is -3.87. The van der Waals surface area contributed by atoms with Crippen LogP contribution in [0.15, 0.2) is 101 Å². The monoisotopic (exact) mass is 464 g/mol. The summed E-state index contributed by atoms with van der Waals surface area (Å²) in [7, 11) is 0. The number of aliphatic imine (C=N–C) groups is 1.